The molecule has 0 aliphatic carbocycles. The summed E-state index contributed by atoms with van der Waals surface area (Å²) in [7, 11) is -3.98. The van der Waals surface area contributed by atoms with Crippen LogP contribution in [0.2, 0.25) is 0 Å². The SMILES string of the molecule is Cc1ccc(S(=O)(=O)N(Cc2ccc3c(c2)OCO3)c2ccccc2F)cc1. The van der Waals surface area contributed by atoms with Gasteiger partial charge in [-0.1, -0.05) is 35.9 Å². The van der Waals surface area contributed by atoms with Gasteiger partial charge in [0.05, 0.1) is 17.1 Å². The number of hydrogen-bond donors (Lipinski definition) is 0. The number of fused-ring (bicyclic) bond motifs is 1. The zero-order valence-corrected chi connectivity index (χ0v) is 15.9. The van der Waals surface area contributed by atoms with Crippen molar-refractivity contribution in [1.82, 2.24) is 0 Å². The van der Waals surface area contributed by atoms with Crippen molar-refractivity contribution in [1.29, 1.82) is 0 Å². The minimum Gasteiger partial charge on any atom is -0.454 e. The molecule has 0 saturated carbocycles. The van der Waals surface area contributed by atoms with Crippen molar-refractivity contribution in [3.05, 3.63) is 83.7 Å². The largest absolute Gasteiger partial charge is 0.454 e. The van der Waals surface area contributed by atoms with E-state index in [-0.39, 0.29) is 23.9 Å². The molecule has 0 bridgehead atoms. The van der Waals surface area contributed by atoms with Crippen LogP contribution in [-0.2, 0) is 16.6 Å². The lowest BCUT2D eigenvalue weighted by Crippen LogP contribution is -2.31. The Morgan fingerprint density at radius 1 is 0.964 bits per heavy atom. The smallest absolute Gasteiger partial charge is 0.264 e. The predicted molar refractivity (Wildman–Crippen MR) is 104 cm³/mol. The molecule has 3 aromatic rings. The van der Waals surface area contributed by atoms with E-state index in [0.717, 1.165) is 9.87 Å². The number of ether oxygens (including phenoxy) is 2. The van der Waals surface area contributed by atoms with E-state index in [2.05, 4.69) is 0 Å². The van der Waals surface area contributed by atoms with Crippen LogP contribution in [-0.4, -0.2) is 15.2 Å². The molecule has 0 atom stereocenters. The highest BCUT2D eigenvalue weighted by Crippen LogP contribution is 2.34. The van der Waals surface area contributed by atoms with Gasteiger partial charge in [-0.3, -0.25) is 4.31 Å². The van der Waals surface area contributed by atoms with E-state index >= 15 is 0 Å². The zero-order chi connectivity index (χ0) is 19.7. The normalized spacial score (nSPS) is 12.8. The molecule has 0 radical (unpaired) electrons. The molecule has 3 aromatic carbocycles. The van der Waals surface area contributed by atoms with Gasteiger partial charge in [0.1, 0.15) is 5.82 Å². The Morgan fingerprint density at radius 3 is 2.43 bits per heavy atom. The molecule has 0 unspecified atom stereocenters. The van der Waals surface area contributed by atoms with Crippen molar-refractivity contribution >= 4 is 15.7 Å². The van der Waals surface area contributed by atoms with Gasteiger partial charge < -0.3 is 9.47 Å². The predicted octanol–water partition coefficient (Wildman–Crippen LogP) is 4.26. The Morgan fingerprint density at radius 2 is 1.68 bits per heavy atom. The number of benzene rings is 3. The molecule has 1 aliphatic heterocycles. The summed E-state index contributed by atoms with van der Waals surface area (Å²) in [5.41, 5.74) is 1.58. The number of nitrogens with zero attached hydrogens (tertiary/aromatic N) is 1. The van der Waals surface area contributed by atoms with Crippen LogP contribution >= 0.6 is 0 Å². The van der Waals surface area contributed by atoms with Gasteiger partial charge in [0.25, 0.3) is 10.0 Å². The van der Waals surface area contributed by atoms with Gasteiger partial charge in [-0.2, -0.15) is 0 Å². The quantitative estimate of drug-likeness (QED) is 0.643. The number of para-hydroxylation sites is 1. The van der Waals surface area contributed by atoms with Gasteiger partial charge in [-0.05, 0) is 48.9 Å². The number of aryl methyl sites for hydroxylation is 1. The lowest BCUT2D eigenvalue weighted by atomic mass is 10.2. The second-order valence-electron chi connectivity index (χ2n) is 6.46. The maximum Gasteiger partial charge on any atom is 0.264 e. The third-order valence-electron chi connectivity index (χ3n) is 4.49. The molecule has 7 heteroatoms. The first-order valence-electron chi connectivity index (χ1n) is 8.67. The van der Waals surface area contributed by atoms with Crippen molar-refractivity contribution in [3.8, 4) is 11.5 Å². The molecule has 0 spiro atoms. The third-order valence-corrected chi connectivity index (χ3v) is 6.27. The van der Waals surface area contributed by atoms with Crippen molar-refractivity contribution in [2.75, 3.05) is 11.1 Å². The third kappa shape index (κ3) is 3.41. The average molecular weight is 399 g/mol. The summed E-state index contributed by atoms with van der Waals surface area (Å²) in [5.74, 6) is 0.528. The highest BCUT2D eigenvalue weighted by atomic mass is 32.2. The minimum absolute atomic E-state index is 0.0132. The van der Waals surface area contributed by atoms with Gasteiger partial charge in [-0.15, -0.1) is 0 Å². The Kier molecular flexibility index (Phi) is 4.68. The van der Waals surface area contributed by atoms with Gasteiger partial charge >= 0.3 is 0 Å². The number of anilines is 1. The standard InChI is InChI=1S/C21H18FNO4S/c1-15-6-9-17(10-7-15)28(24,25)23(19-5-3-2-4-18(19)22)13-16-8-11-20-21(12-16)27-14-26-20/h2-12H,13-14H2,1H3. The summed E-state index contributed by atoms with van der Waals surface area (Å²) in [5, 5.41) is 0. The maximum atomic E-state index is 14.5. The summed E-state index contributed by atoms with van der Waals surface area (Å²) in [4.78, 5) is 0.0992. The van der Waals surface area contributed by atoms with E-state index in [1.807, 2.05) is 6.92 Å². The fourth-order valence-corrected chi connectivity index (χ4v) is 4.46. The molecule has 0 fully saturated rings. The zero-order valence-electron chi connectivity index (χ0n) is 15.1. The molecule has 0 aromatic heterocycles. The molecular weight excluding hydrogens is 381 g/mol. The molecule has 5 nitrogen and oxygen atoms in total. The molecule has 4 rings (SSSR count). The van der Waals surface area contributed by atoms with Crippen LogP contribution in [0.25, 0.3) is 0 Å². The van der Waals surface area contributed by atoms with Crippen LogP contribution in [0.15, 0.2) is 71.6 Å². The van der Waals surface area contributed by atoms with Gasteiger partial charge in [0.15, 0.2) is 11.5 Å². The number of sulfonamides is 1. The van der Waals surface area contributed by atoms with Crippen molar-refractivity contribution in [2.24, 2.45) is 0 Å². The number of halogens is 1. The average Bonchev–Trinajstić information content (AvgIpc) is 3.15. The molecular formula is C21H18FNO4S. The molecule has 28 heavy (non-hydrogen) atoms. The molecule has 1 aliphatic rings. The van der Waals surface area contributed by atoms with Crippen LogP contribution in [0.4, 0.5) is 10.1 Å². The van der Waals surface area contributed by atoms with Crippen molar-refractivity contribution < 1.29 is 22.3 Å². The first kappa shape index (κ1) is 18.3. The van der Waals surface area contributed by atoms with Crippen molar-refractivity contribution in [2.45, 2.75) is 18.4 Å². The highest BCUT2D eigenvalue weighted by Gasteiger charge is 2.28. The Labute approximate surface area is 163 Å². The monoisotopic (exact) mass is 399 g/mol. The summed E-state index contributed by atoms with van der Waals surface area (Å²) in [6, 6.07) is 17.5. The molecule has 144 valence electrons. The van der Waals surface area contributed by atoms with Gasteiger partial charge in [-0.25, -0.2) is 12.8 Å². The van der Waals surface area contributed by atoms with Crippen molar-refractivity contribution in [3.63, 3.8) is 0 Å². The van der Waals surface area contributed by atoms with Crippen LogP contribution in [0.5, 0.6) is 11.5 Å². The van der Waals surface area contributed by atoms with Crippen LogP contribution in [0.1, 0.15) is 11.1 Å². The molecule has 0 amide bonds. The number of hydrogen-bond acceptors (Lipinski definition) is 4. The summed E-state index contributed by atoms with van der Waals surface area (Å²) >= 11 is 0. The summed E-state index contributed by atoms with van der Waals surface area (Å²) in [6.07, 6.45) is 0. The van der Waals surface area contributed by atoms with E-state index in [4.69, 9.17) is 9.47 Å². The van der Waals surface area contributed by atoms with E-state index in [1.54, 1.807) is 36.4 Å². The van der Waals surface area contributed by atoms with Gasteiger partial charge in [0.2, 0.25) is 6.79 Å². The second-order valence-corrected chi connectivity index (χ2v) is 8.33. The van der Waals surface area contributed by atoms with Crippen LogP contribution in [0, 0.1) is 12.7 Å². The lowest BCUT2D eigenvalue weighted by Gasteiger charge is -2.25. The molecule has 0 saturated heterocycles. The lowest BCUT2D eigenvalue weighted by molar-refractivity contribution is 0.174. The van der Waals surface area contributed by atoms with E-state index < -0.39 is 15.8 Å². The molecule has 1 heterocycles. The van der Waals surface area contributed by atoms with E-state index in [9.17, 15) is 12.8 Å². The van der Waals surface area contributed by atoms with Gasteiger partial charge in [0, 0.05) is 0 Å². The highest BCUT2D eigenvalue weighted by molar-refractivity contribution is 7.92. The van der Waals surface area contributed by atoms with E-state index in [1.165, 1.54) is 30.3 Å². The minimum atomic E-state index is -3.98. The Hall–Kier alpha value is -3.06. The Bertz CT molecular complexity index is 1110. The Balaban J connectivity index is 1.78. The topological polar surface area (TPSA) is 55.8 Å². The first-order valence-corrected chi connectivity index (χ1v) is 10.1. The number of rotatable bonds is 5. The van der Waals surface area contributed by atoms with E-state index in [0.29, 0.717) is 17.1 Å². The van der Waals surface area contributed by atoms with Crippen LogP contribution < -0.4 is 13.8 Å². The second kappa shape index (κ2) is 7.16. The first-order chi connectivity index (χ1) is 13.4. The summed E-state index contributed by atoms with van der Waals surface area (Å²) in [6.45, 7) is 1.95. The fourth-order valence-electron chi connectivity index (χ4n) is 3.00. The summed E-state index contributed by atoms with van der Waals surface area (Å²) < 4.78 is 52.9. The fraction of sp³-hybridized carbons (Fsp3) is 0.143. The molecule has 0 N–H and O–H groups in total. The van der Waals surface area contributed by atoms with Crippen LogP contribution in [0.3, 0.4) is 0 Å². The maximum absolute atomic E-state index is 14.5.